The second kappa shape index (κ2) is 12.8. The predicted octanol–water partition coefficient (Wildman–Crippen LogP) is -4.17. The standard InChI is InChI=1S/C25H34N4O10/c30-18-7-14-21(33)24(36)17(38-14)10-28-25(37)13(6-12-4-2-1-3-5-12)29-19(31)8-15-22(34)23(35)16(39-15)9-26-20(32)11-27-18/h1-5,13-17,21-24,33-36H,6-11H2,(H,26,32)(H,27,30)(H,28,37)(H,29,31)/t13-,14-,15-,16+,17+,21-,22-,23+,24+/m0/s1. The van der Waals surface area contributed by atoms with Crippen molar-refractivity contribution in [1.82, 2.24) is 21.3 Å². The molecule has 3 aliphatic heterocycles. The van der Waals surface area contributed by atoms with Crippen molar-refractivity contribution in [1.29, 1.82) is 0 Å². The van der Waals surface area contributed by atoms with Gasteiger partial charge >= 0.3 is 0 Å². The van der Waals surface area contributed by atoms with Crippen molar-refractivity contribution in [2.45, 2.75) is 74.1 Å². The molecule has 14 heteroatoms. The van der Waals surface area contributed by atoms with Gasteiger partial charge in [-0.1, -0.05) is 30.3 Å². The molecular weight excluding hydrogens is 516 g/mol. The van der Waals surface area contributed by atoms with E-state index in [0.29, 0.717) is 0 Å². The van der Waals surface area contributed by atoms with Gasteiger partial charge in [0.05, 0.1) is 31.6 Å². The molecule has 3 heterocycles. The monoisotopic (exact) mass is 550 g/mol. The Labute approximate surface area is 224 Å². The Kier molecular flexibility index (Phi) is 9.48. The molecule has 8 N–H and O–H groups in total. The third-order valence-corrected chi connectivity index (χ3v) is 7.05. The fourth-order valence-electron chi connectivity index (χ4n) is 4.86. The summed E-state index contributed by atoms with van der Waals surface area (Å²) in [4.78, 5) is 50.5. The average Bonchev–Trinajstić information content (AvgIpc) is 3.33. The Morgan fingerprint density at radius 1 is 0.667 bits per heavy atom. The molecule has 3 aliphatic rings. The van der Waals surface area contributed by atoms with E-state index in [1.165, 1.54) is 0 Å². The number of rotatable bonds is 2. The number of amides is 4. The molecule has 9 atom stereocenters. The van der Waals surface area contributed by atoms with Gasteiger partial charge in [-0.05, 0) is 5.56 Å². The van der Waals surface area contributed by atoms with Crippen LogP contribution in [0.5, 0.6) is 0 Å². The van der Waals surface area contributed by atoms with Crippen LogP contribution in [-0.2, 0) is 35.1 Å². The van der Waals surface area contributed by atoms with E-state index >= 15 is 0 Å². The van der Waals surface area contributed by atoms with Gasteiger partial charge in [0.1, 0.15) is 42.7 Å². The maximum atomic E-state index is 13.1. The number of aliphatic hydroxyl groups is 4. The smallest absolute Gasteiger partial charge is 0.243 e. The van der Waals surface area contributed by atoms with Gasteiger partial charge in [-0.15, -0.1) is 0 Å². The summed E-state index contributed by atoms with van der Waals surface area (Å²) in [5.74, 6) is -2.40. The number of hydrogen-bond acceptors (Lipinski definition) is 10. The fourth-order valence-corrected chi connectivity index (χ4v) is 4.86. The third kappa shape index (κ3) is 7.29. The van der Waals surface area contributed by atoms with Crippen molar-refractivity contribution >= 4 is 23.6 Å². The summed E-state index contributed by atoms with van der Waals surface area (Å²) in [7, 11) is 0. The van der Waals surface area contributed by atoms with Gasteiger partial charge in [0.25, 0.3) is 0 Å². The lowest BCUT2D eigenvalue weighted by Crippen LogP contribution is -2.51. The molecule has 4 rings (SSSR count). The largest absolute Gasteiger partial charge is 0.388 e. The van der Waals surface area contributed by atoms with Crippen molar-refractivity contribution in [3.63, 3.8) is 0 Å². The molecule has 0 unspecified atom stereocenters. The van der Waals surface area contributed by atoms with Gasteiger partial charge < -0.3 is 51.2 Å². The molecule has 39 heavy (non-hydrogen) atoms. The summed E-state index contributed by atoms with van der Waals surface area (Å²) < 4.78 is 11.2. The molecule has 0 aromatic heterocycles. The van der Waals surface area contributed by atoms with Gasteiger partial charge in [0, 0.05) is 19.5 Å². The molecule has 1 aromatic carbocycles. The summed E-state index contributed by atoms with van der Waals surface area (Å²) in [6.45, 7) is -0.816. The lowest BCUT2D eigenvalue weighted by atomic mass is 10.0. The van der Waals surface area contributed by atoms with Crippen molar-refractivity contribution in [2.24, 2.45) is 0 Å². The van der Waals surface area contributed by atoms with Gasteiger partial charge in [-0.3, -0.25) is 19.2 Å². The van der Waals surface area contributed by atoms with Crippen molar-refractivity contribution < 1.29 is 49.1 Å². The Morgan fingerprint density at radius 3 is 1.82 bits per heavy atom. The van der Waals surface area contributed by atoms with Crippen molar-refractivity contribution in [3.8, 4) is 0 Å². The summed E-state index contributed by atoms with van der Waals surface area (Å²) in [6, 6.07) is 7.89. The topological polar surface area (TPSA) is 216 Å². The van der Waals surface area contributed by atoms with E-state index in [1.54, 1.807) is 30.3 Å². The number of nitrogens with one attached hydrogen (secondary N) is 4. The van der Waals surface area contributed by atoms with E-state index in [4.69, 9.17) is 9.47 Å². The van der Waals surface area contributed by atoms with Crippen LogP contribution in [0.15, 0.2) is 30.3 Å². The van der Waals surface area contributed by atoms with Crippen LogP contribution in [0.2, 0.25) is 0 Å². The van der Waals surface area contributed by atoms with Gasteiger partial charge in [0.15, 0.2) is 0 Å². The number of aliphatic hydroxyl groups excluding tert-OH is 4. The predicted molar refractivity (Wildman–Crippen MR) is 132 cm³/mol. The maximum Gasteiger partial charge on any atom is 0.243 e. The van der Waals surface area contributed by atoms with Crippen LogP contribution in [0.25, 0.3) is 0 Å². The molecule has 0 aliphatic carbocycles. The molecule has 4 amide bonds. The minimum Gasteiger partial charge on any atom is -0.388 e. The zero-order chi connectivity index (χ0) is 28.1. The molecule has 0 spiro atoms. The summed E-state index contributed by atoms with van der Waals surface area (Å²) in [5, 5.41) is 51.6. The molecular formula is C25H34N4O10. The van der Waals surface area contributed by atoms with Crippen LogP contribution in [0, 0.1) is 0 Å². The van der Waals surface area contributed by atoms with Crippen molar-refractivity contribution in [2.75, 3.05) is 19.6 Å². The summed E-state index contributed by atoms with van der Waals surface area (Å²) >= 11 is 0. The van der Waals surface area contributed by atoms with Crippen LogP contribution in [0.3, 0.4) is 0 Å². The van der Waals surface area contributed by atoms with E-state index in [2.05, 4.69) is 21.3 Å². The highest BCUT2D eigenvalue weighted by molar-refractivity contribution is 5.88. The molecule has 3 fully saturated rings. The molecule has 0 saturated carbocycles. The first-order chi connectivity index (χ1) is 18.6. The molecule has 3 saturated heterocycles. The second-order valence-electron chi connectivity index (χ2n) is 9.93. The lowest BCUT2D eigenvalue weighted by molar-refractivity contribution is -0.132. The first kappa shape index (κ1) is 28.9. The Morgan fingerprint density at radius 2 is 1.21 bits per heavy atom. The summed E-state index contributed by atoms with van der Waals surface area (Å²) in [6.07, 6.45) is -10.4. The molecule has 14 nitrogen and oxygen atoms in total. The summed E-state index contributed by atoms with van der Waals surface area (Å²) in [5.41, 5.74) is 0.759. The zero-order valence-electron chi connectivity index (χ0n) is 21.1. The molecule has 1 aromatic rings. The van der Waals surface area contributed by atoms with Crippen molar-refractivity contribution in [3.05, 3.63) is 35.9 Å². The highest BCUT2D eigenvalue weighted by Gasteiger charge is 2.45. The van der Waals surface area contributed by atoms with E-state index in [-0.39, 0.29) is 32.4 Å². The fraction of sp³-hybridized carbons (Fsp3) is 0.600. The molecule has 214 valence electrons. The van der Waals surface area contributed by atoms with Crippen LogP contribution in [-0.4, -0.2) is 119 Å². The Hall–Kier alpha value is -3.14. The number of ether oxygens (including phenoxy) is 2. The van der Waals surface area contributed by atoms with E-state index in [1.807, 2.05) is 0 Å². The Balaban J connectivity index is 1.51. The SMILES string of the molecule is O=C1CNC(=O)C[C@@H]2O[C@H](CNC(=O)[C@H](Cc3ccccc3)NC(=O)C[C@@H]3O[C@H](CN1)[C@@H](O)[C@H]3O)[C@@H](O)[C@H]2O. The minimum absolute atomic E-state index is 0.128. The number of carbonyl (C=O) groups is 4. The molecule has 4 bridgehead atoms. The minimum atomic E-state index is -1.41. The van der Waals surface area contributed by atoms with Crippen LogP contribution in [0.1, 0.15) is 18.4 Å². The van der Waals surface area contributed by atoms with Gasteiger partial charge in [0.2, 0.25) is 23.6 Å². The first-order valence-electron chi connectivity index (χ1n) is 12.8. The first-order valence-corrected chi connectivity index (χ1v) is 12.8. The highest BCUT2D eigenvalue weighted by atomic mass is 16.5. The van der Waals surface area contributed by atoms with Gasteiger partial charge in [-0.2, -0.15) is 0 Å². The highest BCUT2D eigenvalue weighted by Crippen LogP contribution is 2.25. The second-order valence-corrected chi connectivity index (χ2v) is 9.93. The lowest BCUT2D eigenvalue weighted by Gasteiger charge is -2.22. The van der Waals surface area contributed by atoms with E-state index in [9.17, 15) is 39.6 Å². The normalized spacial score (nSPS) is 36.9. The van der Waals surface area contributed by atoms with E-state index in [0.717, 1.165) is 5.56 Å². The number of benzene rings is 1. The number of fused-ring (bicyclic) bond motifs is 4. The number of hydrogen-bond donors (Lipinski definition) is 8. The van der Waals surface area contributed by atoms with Crippen LogP contribution >= 0.6 is 0 Å². The van der Waals surface area contributed by atoms with Gasteiger partial charge in [-0.25, -0.2) is 0 Å². The van der Waals surface area contributed by atoms with E-state index < -0.39 is 85.0 Å². The van der Waals surface area contributed by atoms with Crippen LogP contribution < -0.4 is 21.3 Å². The maximum absolute atomic E-state index is 13.1. The zero-order valence-corrected chi connectivity index (χ0v) is 21.1. The Bertz CT molecular complexity index is 1040. The molecule has 0 radical (unpaired) electrons. The van der Waals surface area contributed by atoms with Crippen LogP contribution in [0.4, 0.5) is 0 Å². The quantitative estimate of drug-likeness (QED) is 0.178. The number of carbonyl (C=O) groups excluding carboxylic acids is 4. The third-order valence-electron chi connectivity index (χ3n) is 7.05. The average molecular weight is 551 g/mol.